The molecule has 4 nitrogen and oxygen atoms in total. The van der Waals surface area contributed by atoms with E-state index in [4.69, 9.17) is 0 Å². The van der Waals surface area contributed by atoms with Gasteiger partial charge < -0.3 is 0 Å². The summed E-state index contributed by atoms with van der Waals surface area (Å²) in [6.45, 7) is 1.62. The molecular formula is C5H7F3N4. The van der Waals surface area contributed by atoms with Crippen LogP contribution in [0.15, 0.2) is 20.7 Å². The molecule has 0 saturated carbocycles. The molecule has 12 heavy (non-hydrogen) atoms. The summed E-state index contributed by atoms with van der Waals surface area (Å²) in [4.78, 5) is 0. The van der Waals surface area contributed by atoms with Crippen molar-refractivity contribution in [2.45, 2.75) is 31.6 Å². The quantitative estimate of drug-likeness (QED) is 0.627. The molecule has 7 heteroatoms. The Labute approximate surface area is 66.6 Å². The first-order chi connectivity index (χ1) is 5.52. The van der Waals surface area contributed by atoms with Crippen LogP contribution in [0.1, 0.15) is 19.8 Å². The van der Waals surface area contributed by atoms with Crippen LogP contribution in [0.5, 0.6) is 0 Å². The van der Waals surface area contributed by atoms with E-state index >= 15 is 0 Å². The molecule has 0 atom stereocenters. The van der Waals surface area contributed by atoms with Gasteiger partial charge in [0.15, 0.2) is 0 Å². The molecule has 1 heterocycles. The largest absolute Gasteiger partial charge is 0.437 e. The number of hydrogen-bond acceptors (Lipinski definition) is 4. The lowest BCUT2D eigenvalue weighted by Crippen LogP contribution is -2.39. The van der Waals surface area contributed by atoms with Crippen molar-refractivity contribution in [3.63, 3.8) is 0 Å². The maximum atomic E-state index is 12.3. The molecule has 68 valence electrons. The van der Waals surface area contributed by atoms with Gasteiger partial charge in [-0.15, -0.1) is 10.2 Å². The minimum Gasteiger partial charge on any atom is -0.166 e. The third-order valence-electron chi connectivity index (χ3n) is 1.51. The van der Waals surface area contributed by atoms with E-state index in [0.29, 0.717) is 6.42 Å². The van der Waals surface area contributed by atoms with Crippen molar-refractivity contribution in [1.29, 1.82) is 0 Å². The van der Waals surface area contributed by atoms with Crippen LogP contribution in [-0.2, 0) is 0 Å². The number of halogens is 3. The van der Waals surface area contributed by atoms with E-state index in [1.165, 1.54) is 0 Å². The van der Waals surface area contributed by atoms with Crippen molar-refractivity contribution in [3.8, 4) is 0 Å². The van der Waals surface area contributed by atoms with Gasteiger partial charge in [0.05, 0.1) is 0 Å². The minimum absolute atomic E-state index is 0.205. The van der Waals surface area contributed by atoms with Crippen LogP contribution in [0, 0.1) is 0 Å². The Morgan fingerprint density at radius 3 is 2.00 bits per heavy atom. The van der Waals surface area contributed by atoms with Crippen LogP contribution in [0.3, 0.4) is 0 Å². The zero-order chi connectivity index (χ0) is 9.24. The molecule has 0 N–H and O–H groups in total. The molecular weight excluding hydrogens is 173 g/mol. The maximum Gasteiger partial charge on any atom is 0.437 e. The van der Waals surface area contributed by atoms with E-state index in [9.17, 15) is 13.2 Å². The number of nitrogens with zero attached hydrogens (tertiary/aromatic N) is 4. The summed E-state index contributed by atoms with van der Waals surface area (Å²) >= 11 is 0. The molecule has 0 amide bonds. The topological polar surface area (TPSA) is 49.4 Å². The molecule has 1 rings (SSSR count). The molecule has 1 aliphatic rings. The van der Waals surface area contributed by atoms with Gasteiger partial charge >= 0.3 is 6.18 Å². The summed E-state index contributed by atoms with van der Waals surface area (Å²) in [5, 5.41) is 11.8. The van der Waals surface area contributed by atoms with Crippen LogP contribution in [-0.4, -0.2) is 11.8 Å². The lowest BCUT2D eigenvalue weighted by atomic mass is 10.1. The van der Waals surface area contributed by atoms with Gasteiger partial charge in [-0.25, -0.2) is 0 Å². The van der Waals surface area contributed by atoms with Gasteiger partial charge in [-0.2, -0.15) is 13.2 Å². The van der Waals surface area contributed by atoms with E-state index in [0.717, 1.165) is 0 Å². The summed E-state index contributed by atoms with van der Waals surface area (Å²) in [6, 6.07) is 0. The second-order valence-corrected chi connectivity index (χ2v) is 2.44. The first-order valence-corrected chi connectivity index (χ1v) is 3.42. The zero-order valence-corrected chi connectivity index (χ0v) is 6.34. The predicted octanol–water partition coefficient (Wildman–Crippen LogP) is 2.88. The van der Waals surface area contributed by atoms with Gasteiger partial charge in [0.2, 0.25) is 0 Å². The monoisotopic (exact) mass is 180 g/mol. The maximum absolute atomic E-state index is 12.3. The van der Waals surface area contributed by atoms with Gasteiger partial charge in [-0.05, 0) is 10.4 Å². The highest BCUT2D eigenvalue weighted by Crippen LogP contribution is 2.41. The molecule has 0 aromatic carbocycles. The first kappa shape index (κ1) is 9.08. The fraction of sp³-hybridized carbons (Fsp3) is 1.00. The van der Waals surface area contributed by atoms with Gasteiger partial charge in [-0.3, -0.25) is 0 Å². The standard InChI is InChI=1S/C5H7F3N4/c1-2-3-4(5(6,7)8)9-11-12-10-4/h2-3H2,1H3. The summed E-state index contributed by atoms with van der Waals surface area (Å²) in [5.41, 5.74) is -2.40. The molecule has 0 bridgehead atoms. The van der Waals surface area contributed by atoms with Crippen molar-refractivity contribution in [2.24, 2.45) is 20.7 Å². The Balaban J connectivity index is 2.88. The SMILES string of the molecule is CCCC1(C(F)(F)F)N=NN=N1. The molecule has 0 spiro atoms. The minimum atomic E-state index is -4.49. The van der Waals surface area contributed by atoms with Crippen LogP contribution in [0.2, 0.25) is 0 Å². The Morgan fingerprint density at radius 1 is 1.17 bits per heavy atom. The molecule has 1 aliphatic heterocycles. The van der Waals surface area contributed by atoms with E-state index in [1.54, 1.807) is 6.92 Å². The van der Waals surface area contributed by atoms with Gasteiger partial charge in [0.1, 0.15) is 0 Å². The second kappa shape index (κ2) is 2.80. The summed E-state index contributed by atoms with van der Waals surface area (Å²) in [6.07, 6.45) is -4.37. The Kier molecular flexibility index (Phi) is 2.12. The number of hydrogen-bond donors (Lipinski definition) is 0. The molecule has 0 saturated heterocycles. The molecule has 0 aliphatic carbocycles. The lowest BCUT2D eigenvalue weighted by Gasteiger charge is -2.21. The number of rotatable bonds is 2. The van der Waals surface area contributed by atoms with E-state index in [2.05, 4.69) is 20.7 Å². The first-order valence-electron chi connectivity index (χ1n) is 3.42. The smallest absolute Gasteiger partial charge is 0.166 e. The molecule has 0 fully saturated rings. The fourth-order valence-corrected chi connectivity index (χ4v) is 0.912. The zero-order valence-electron chi connectivity index (χ0n) is 6.34. The average molecular weight is 180 g/mol. The highest BCUT2D eigenvalue weighted by molar-refractivity contribution is 4.91. The van der Waals surface area contributed by atoms with Gasteiger partial charge in [-0.1, -0.05) is 13.3 Å². The van der Waals surface area contributed by atoms with Crippen molar-refractivity contribution < 1.29 is 13.2 Å². The average Bonchev–Trinajstić information content (AvgIpc) is 2.36. The third kappa shape index (κ3) is 1.30. The second-order valence-electron chi connectivity index (χ2n) is 2.44. The molecule has 0 radical (unpaired) electrons. The number of alkyl halides is 3. The van der Waals surface area contributed by atoms with Crippen molar-refractivity contribution in [2.75, 3.05) is 0 Å². The molecule has 0 aromatic heterocycles. The summed E-state index contributed by atoms with van der Waals surface area (Å²) in [7, 11) is 0. The predicted molar refractivity (Wildman–Crippen MR) is 33.4 cm³/mol. The highest BCUT2D eigenvalue weighted by atomic mass is 19.4. The Morgan fingerprint density at radius 2 is 1.67 bits per heavy atom. The van der Waals surface area contributed by atoms with Crippen LogP contribution >= 0.6 is 0 Å². The van der Waals surface area contributed by atoms with Gasteiger partial charge in [0, 0.05) is 6.42 Å². The Hall–Kier alpha value is -1.01. The van der Waals surface area contributed by atoms with Gasteiger partial charge in [0.25, 0.3) is 5.66 Å². The van der Waals surface area contributed by atoms with Crippen molar-refractivity contribution in [3.05, 3.63) is 0 Å². The molecule has 0 aromatic rings. The Bertz CT molecular complexity index is 207. The lowest BCUT2D eigenvalue weighted by molar-refractivity contribution is -0.185. The highest BCUT2D eigenvalue weighted by Gasteiger charge is 2.57. The summed E-state index contributed by atoms with van der Waals surface area (Å²) < 4.78 is 36.9. The van der Waals surface area contributed by atoms with Crippen molar-refractivity contribution in [1.82, 2.24) is 0 Å². The van der Waals surface area contributed by atoms with Crippen molar-refractivity contribution >= 4 is 0 Å². The van der Waals surface area contributed by atoms with E-state index in [1.807, 2.05) is 0 Å². The van der Waals surface area contributed by atoms with Crippen LogP contribution < -0.4 is 0 Å². The van der Waals surface area contributed by atoms with Crippen LogP contribution in [0.25, 0.3) is 0 Å². The normalized spacial score (nSPS) is 20.3. The summed E-state index contributed by atoms with van der Waals surface area (Å²) in [5.74, 6) is 0. The molecule has 0 unspecified atom stereocenters. The van der Waals surface area contributed by atoms with E-state index < -0.39 is 11.8 Å². The fourth-order valence-electron chi connectivity index (χ4n) is 0.912. The third-order valence-corrected chi connectivity index (χ3v) is 1.51. The van der Waals surface area contributed by atoms with E-state index in [-0.39, 0.29) is 6.42 Å². The van der Waals surface area contributed by atoms with Crippen LogP contribution in [0.4, 0.5) is 13.2 Å².